The van der Waals surface area contributed by atoms with Gasteiger partial charge in [-0.1, -0.05) is 0 Å². The van der Waals surface area contributed by atoms with E-state index in [2.05, 4.69) is 31.8 Å². The number of hydrogen-bond acceptors (Lipinski definition) is 4. The molecule has 4 rings (SSSR count). The molecule has 1 atom stereocenters. The fourth-order valence-corrected chi connectivity index (χ4v) is 3.60. The van der Waals surface area contributed by atoms with Gasteiger partial charge in [0, 0.05) is 45.0 Å². The van der Waals surface area contributed by atoms with Crippen molar-refractivity contribution in [2.45, 2.75) is 44.8 Å². The molecule has 0 saturated carbocycles. The van der Waals surface area contributed by atoms with Crippen LogP contribution in [0.3, 0.4) is 0 Å². The first kappa shape index (κ1) is 13.5. The number of likely N-dealkylation sites (tertiary alicyclic amines) is 1. The van der Waals surface area contributed by atoms with Crippen molar-refractivity contribution < 1.29 is 0 Å². The molecule has 0 N–H and O–H groups in total. The molecule has 2 aliphatic rings. The van der Waals surface area contributed by atoms with Crippen molar-refractivity contribution in [2.24, 2.45) is 0 Å². The lowest BCUT2D eigenvalue weighted by molar-refractivity contribution is 0.300. The number of fused-ring (bicyclic) bond motifs is 1. The first-order valence-electron chi connectivity index (χ1n) is 8.03. The maximum absolute atomic E-state index is 8.91. The summed E-state index contributed by atoms with van der Waals surface area (Å²) < 4.78 is 4.35. The van der Waals surface area contributed by atoms with Crippen molar-refractivity contribution in [1.29, 1.82) is 5.26 Å². The zero-order chi connectivity index (χ0) is 14.9. The van der Waals surface area contributed by atoms with Gasteiger partial charge in [0.2, 0.25) is 0 Å². The van der Waals surface area contributed by atoms with Gasteiger partial charge in [0.05, 0.1) is 23.5 Å². The van der Waals surface area contributed by atoms with E-state index < -0.39 is 0 Å². The molecule has 2 aromatic rings. The Bertz CT molecular complexity index is 707. The van der Waals surface area contributed by atoms with Crippen molar-refractivity contribution in [3.8, 4) is 6.07 Å². The highest BCUT2D eigenvalue weighted by molar-refractivity contribution is 5.22. The number of nitrogens with zero attached hydrogens (tertiary/aromatic N) is 6. The number of rotatable bonds is 3. The Morgan fingerprint density at radius 1 is 1.27 bits per heavy atom. The van der Waals surface area contributed by atoms with Gasteiger partial charge in [0.1, 0.15) is 11.9 Å². The van der Waals surface area contributed by atoms with Crippen LogP contribution < -0.4 is 0 Å². The monoisotopic (exact) mass is 296 g/mol. The van der Waals surface area contributed by atoms with Crippen LogP contribution in [-0.2, 0) is 19.5 Å². The van der Waals surface area contributed by atoms with Crippen LogP contribution in [0.25, 0.3) is 0 Å². The Hall–Kier alpha value is -2.13. The number of nitriles is 1. The highest BCUT2D eigenvalue weighted by Crippen LogP contribution is 2.24. The van der Waals surface area contributed by atoms with E-state index in [1.54, 1.807) is 6.20 Å². The third-order valence-corrected chi connectivity index (χ3v) is 4.79. The molecular formula is C16H20N6. The van der Waals surface area contributed by atoms with Gasteiger partial charge < -0.3 is 4.57 Å². The van der Waals surface area contributed by atoms with Gasteiger partial charge in [-0.2, -0.15) is 10.4 Å². The fourth-order valence-electron chi connectivity index (χ4n) is 3.60. The van der Waals surface area contributed by atoms with Crippen molar-refractivity contribution >= 4 is 0 Å². The second kappa shape index (κ2) is 5.58. The van der Waals surface area contributed by atoms with E-state index in [4.69, 9.17) is 5.26 Å². The molecule has 1 unspecified atom stereocenters. The second-order valence-corrected chi connectivity index (χ2v) is 6.27. The van der Waals surface area contributed by atoms with Gasteiger partial charge in [-0.3, -0.25) is 9.58 Å². The third-order valence-electron chi connectivity index (χ3n) is 4.79. The summed E-state index contributed by atoms with van der Waals surface area (Å²) in [6.07, 6.45) is 10.3. The number of imidazole rings is 1. The van der Waals surface area contributed by atoms with Crippen LogP contribution in [0.15, 0.2) is 18.6 Å². The average molecular weight is 296 g/mol. The predicted molar refractivity (Wildman–Crippen MR) is 81.0 cm³/mol. The van der Waals surface area contributed by atoms with Gasteiger partial charge >= 0.3 is 0 Å². The maximum atomic E-state index is 8.91. The molecule has 114 valence electrons. The summed E-state index contributed by atoms with van der Waals surface area (Å²) in [6.45, 7) is 4.16. The SMILES string of the molecule is N#Cc1cnn(C2CCN(Cc3cnc4n3CCCC4)C2)c1. The summed E-state index contributed by atoms with van der Waals surface area (Å²) in [7, 11) is 0. The van der Waals surface area contributed by atoms with E-state index in [1.807, 2.05) is 10.9 Å². The predicted octanol–water partition coefficient (Wildman–Crippen LogP) is 1.73. The number of hydrogen-bond donors (Lipinski definition) is 0. The molecule has 2 aromatic heterocycles. The van der Waals surface area contributed by atoms with Crippen LogP contribution in [0.5, 0.6) is 0 Å². The molecule has 0 aliphatic carbocycles. The summed E-state index contributed by atoms with van der Waals surface area (Å²) in [5, 5.41) is 13.2. The van der Waals surface area contributed by atoms with Crippen LogP contribution >= 0.6 is 0 Å². The lowest BCUT2D eigenvalue weighted by Gasteiger charge is -2.20. The molecule has 6 heteroatoms. The Morgan fingerprint density at radius 2 is 2.23 bits per heavy atom. The molecule has 4 heterocycles. The van der Waals surface area contributed by atoms with E-state index in [-0.39, 0.29) is 0 Å². The van der Waals surface area contributed by atoms with Crippen molar-refractivity contribution in [3.63, 3.8) is 0 Å². The van der Waals surface area contributed by atoms with Crippen molar-refractivity contribution in [2.75, 3.05) is 13.1 Å². The Labute approximate surface area is 130 Å². The van der Waals surface area contributed by atoms with E-state index in [1.165, 1.54) is 24.4 Å². The molecule has 6 nitrogen and oxygen atoms in total. The molecule has 0 bridgehead atoms. The minimum Gasteiger partial charge on any atom is -0.331 e. The quantitative estimate of drug-likeness (QED) is 0.865. The first-order valence-corrected chi connectivity index (χ1v) is 8.03. The molecule has 0 amide bonds. The highest BCUT2D eigenvalue weighted by atomic mass is 15.3. The summed E-state index contributed by atoms with van der Waals surface area (Å²) in [5.74, 6) is 1.25. The Kier molecular flexibility index (Phi) is 3.43. The minimum absolute atomic E-state index is 0.380. The lowest BCUT2D eigenvalue weighted by Crippen LogP contribution is -2.24. The van der Waals surface area contributed by atoms with Gasteiger partial charge in [-0.05, 0) is 19.3 Å². The molecule has 0 spiro atoms. The zero-order valence-electron chi connectivity index (χ0n) is 12.6. The average Bonchev–Trinajstić information content (AvgIpc) is 3.27. The minimum atomic E-state index is 0.380. The molecular weight excluding hydrogens is 276 g/mol. The van der Waals surface area contributed by atoms with Crippen molar-refractivity contribution in [1.82, 2.24) is 24.2 Å². The molecule has 2 aliphatic heterocycles. The zero-order valence-corrected chi connectivity index (χ0v) is 12.6. The van der Waals surface area contributed by atoms with Gasteiger partial charge in [0.15, 0.2) is 0 Å². The van der Waals surface area contributed by atoms with E-state index in [9.17, 15) is 0 Å². The van der Waals surface area contributed by atoms with Crippen LogP contribution in [0.1, 0.15) is 42.4 Å². The number of aromatic nitrogens is 4. The normalized spacial score (nSPS) is 21.7. The van der Waals surface area contributed by atoms with E-state index >= 15 is 0 Å². The van der Waals surface area contributed by atoms with Gasteiger partial charge in [-0.25, -0.2) is 4.98 Å². The smallest absolute Gasteiger partial charge is 0.108 e. The van der Waals surface area contributed by atoms with Gasteiger partial charge in [0.25, 0.3) is 0 Å². The fraction of sp³-hybridized carbons (Fsp3) is 0.562. The van der Waals surface area contributed by atoms with Crippen LogP contribution in [0.2, 0.25) is 0 Å². The largest absolute Gasteiger partial charge is 0.331 e. The summed E-state index contributed by atoms with van der Waals surface area (Å²) >= 11 is 0. The molecule has 22 heavy (non-hydrogen) atoms. The highest BCUT2D eigenvalue weighted by Gasteiger charge is 2.26. The van der Waals surface area contributed by atoms with E-state index in [0.717, 1.165) is 39.0 Å². The summed E-state index contributed by atoms with van der Waals surface area (Å²) in [6, 6.07) is 2.52. The van der Waals surface area contributed by atoms with Crippen LogP contribution in [0, 0.1) is 11.3 Å². The van der Waals surface area contributed by atoms with E-state index in [0.29, 0.717) is 11.6 Å². The topological polar surface area (TPSA) is 62.7 Å². The molecule has 1 fully saturated rings. The standard InChI is InChI=1S/C16H20N6/c17-7-13-8-19-22(10-13)14-4-6-20(11-14)12-15-9-18-16-3-1-2-5-21(15)16/h8-10,14H,1-6,11-12H2. The first-order chi connectivity index (χ1) is 10.8. The molecule has 0 radical (unpaired) electrons. The van der Waals surface area contributed by atoms with Gasteiger partial charge in [-0.15, -0.1) is 0 Å². The molecule has 1 saturated heterocycles. The van der Waals surface area contributed by atoms with Crippen LogP contribution in [0.4, 0.5) is 0 Å². The second-order valence-electron chi connectivity index (χ2n) is 6.27. The Morgan fingerprint density at radius 3 is 3.09 bits per heavy atom. The lowest BCUT2D eigenvalue weighted by atomic mass is 10.1. The molecule has 0 aromatic carbocycles. The van der Waals surface area contributed by atoms with Crippen molar-refractivity contribution in [3.05, 3.63) is 35.7 Å². The Balaban J connectivity index is 1.43. The third kappa shape index (κ3) is 2.42. The summed E-state index contributed by atoms with van der Waals surface area (Å²) in [4.78, 5) is 7.04. The number of aryl methyl sites for hydroxylation is 1. The van der Waals surface area contributed by atoms with Crippen LogP contribution in [-0.4, -0.2) is 37.3 Å². The maximum Gasteiger partial charge on any atom is 0.108 e. The summed E-state index contributed by atoms with van der Waals surface area (Å²) in [5.41, 5.74) is 1.98.